The van der Waals surface area contributed by atoms with Gasteiger partial charge in [0.15, 0.2) is 5.82 Å². The lowest BCUT2D eigenvalue weighted by Gasteiger charge is -2.33. The van der Waals surface area contributed by atoms with Crippen LogP contribution in [0.2, 0.25) is 0 Å². The summed E-state index contributed by atoms with van der Waals surface area (Å²) in [5, 5.41) is 3.86. The van der Waals surface area contributed by atoms with Gasteiger partial charge in [0, 0.05) is 6.54 Å². The third-order valence-corrected chi connectivity index (χ3v) is 4.63. The minimum atomic E-state index is -0.0398. The van der Waals surface area contributed by atoms with Crippen molar-refractivity contribution < 1.29 is 13.7 Å². The SMILES string of the molecule is Cc1noc([C@H]2C[C@@H]3CCN(Cc4ccc(C)o4)C[C@H]3O2)n1. The van der Waals surface area contributed by atoms with Gasteiger partial charge in [-0.1, -0.05) is 5.16 Å². The molecular weight excluding hydrogens is 282 g/mol. The van der Waals surface area contributed by atoms with E-state index in [1.54, 1.807) is 0 Å². The Balaban J connectivity index is 1.39. The van der Waals surface area contributed by atoms with Crippen LogP contribution in [0.5, 0.6) is 0 Å². The maximum atomic E-state index is 6.17. The van der Waals surface area contributed by atoms with Crippen molar-refractivity contribution in [3.05, 3.63) is 35.4 Å². The van der Waals surface area contributed by atoms with Crippen molar-refractivity contribution in [1.82, 2.24) is 15.0 Å². The van der Waals surface area contributed by atoms with Gasteiger partial charge in [-0.25, -0.2) is 0 Å². The molecule has 118 valence electrons. The highest BCUT2D eigenvalue weighted by atomic mass is 16.5. The van der Waals surface area contributed by atoms with Crippen molar-refractivity contribution in [1.29, 1.82) is 0 Å². The number of furan rings is 1. The van der Waals surface area contributed by atoms with E-state index in [2.05, 4.69) is 21.1 Å². The number of rotatable bonds is 3. The summed E-state index contributed by atoms with van der Waals surface area (Å²) in [6.45, 7) is 6.69. The molecule has 3 atom stereocenters. The molecule has 0 radical (unpaired) electrons. The van der Waals surface area contributed by atoms with Crippen LogP contribution in [0.25, 0.3) is 0 Å². The Morgan fingerprint density at radius 3 is 2.95 bits per heavy atom. The zero-order chi connectivity index (χ0) is 15.1. The van der Waals surface area contributed by atoms with Crippen LogP contribution < -0.4 is 0 Å². The summed E-state index contributed by atoms with van der Waals surface area (Å²) in [4.78, 5) is 6.71. The Bertz CT molecular complexity index is 651. The Kier molecular flexibility index (Phi) is 3.50. The fraction of sp³-hybridized carbons (Fsp3) is 0.625. The van der Waals surface area contributed by atoms with Gasteiger partial charge in [0.05, 0.1) is 12.6 Å². The van der Waals surface area contributed by atoms with Gasteiger partial charge < -0.3 is 13.7 Å². The van der Waals surface area contributed by atoms with Gasteiger partial charge in [-0.3, -0.25) is 4.90 Å². The number of nitrogens with zero attached hydrogens (tertiary/aromatic N) is 3. The largest absolute Gasteiger partial charge is 0.465 e. The Morgan fingerprint density at radius 1 is 1.32 bits per heavy atom. The minimum absolute atomic E-state index is 0.0398. The van der Waals surface area contributed by atoms with E-state index in [0.29, 0.717) is 17.6 Å². The van der Waals surface area contributed by atoms with Crippen molar-refractivity contribution in [3.63, 3.8) is 0 Å². The molecule has 0 bridgehead atoms. The fourth-order valence-electron chi connectivity index (χ4n) is 3.53. The van der Waals surface area contributed by atoms with E-state index in [0.717, 1.165) is 44.0 Å². The van der Waals surface area contributed by atoms with Gasteiger partial charge in [-0.15, -0.1) is 0 Å². The third-order valence-electron chi connectivity index (χ3n) is 4.63. The van der Waals surface area contributed by atoms with Crippen molar-refractivity contribution in [3.8, 4) is 0 Å². The lowest BCUT2D eigenvalue weighted by molar-refractivity contribution is -0.0201. The average Bonchev–Trinajstić information content (AvgIpc) is 3.18. The molecule has 2 saturated heterocycles. The van der Waals surface area contributed by atoms with Gasteiger partial charge in [-0.2, -0.15) is 4.98 Å². The quantitative estimate of drug-likeness (QED) is 0.868. The van der Waals surface area contributed by atoms with Crippen LogP contribution >= 0.6 is 0 Å². The number of piperidine rings is 1. The van der Waals surface area contributed by atoms with Gasteiger partial charge in [0.25, 0.3) is 5.89 Å². The van der Waals surface area contributed by atoms with Gasteiger partial charge in [0.1, 0.15) is 17.6 Å². The predicted molar refractivity (Wildman–Crippen MR) is 78.1 cm³/mol. The third kappa shape index (κ3) is 2.68. The molecule has 0 N–H and O–H groups in total. The smallest absolute Gasteiger partial charge is 0.255 e. The lowest BCUT2D eigenvalue weighted by atomic mass is 9.92. The Hall–Kier alpha value is -1.66. The molecule has 6 heteroatoms. The van der Waals surface area contributed by atoms with Crippen molar-refractivity contribution in [2.45, 2.75) is 45.4 Å². The van der Waals surface area contributed by atoms with Crippen molar-refractivity contribution in [2.24, 2.45) is 5.92 Å². The highest BCUT2D eigenvalue weighted by Gasteiger charge is 2.41. The second-order valence-electron chi connectivity index (χ2n) is 6.37. The highest BCUT2D eigenvalue weighted by Crippen LogP contribution is 2.40. The summed E-state index contributed by atoms with van der Waals surface area (Å²) in [5.41, 5.74) is 0. The van der Waals surface area contributed by atoms with E-state index < -0.39 is 0 Å². The van der Waals surface area contributed by atoms with Crippen LogP contribution in [-0.4, -0.2) is 34.2 Å². The van der Waals surface area contributed by atoms with Gasteiger partial charge in [-0.05, 0) is 51.3 Å². The van der Waals surface area contributed by atoms with Crippen molar-refractivity contribution in [2.75, 3.05) is 13.1 Å². The highest BCUT2D eigenvalue weighted by molar-refractivity contribution is 5.06. The predicted octanol–water partition coefficient (Wildman–Crippen LogP) is 2.63. The van der Waals surface area contributed by atoms with E-state index in [4.69, 9.17) is 13.7 Å². The number of fused-ring (bicyclic) bond motifs is 1. The summed E-state index contributed by atoms with van der Waals surface area (Å²) < 4.78 is 17.1. The zero-order valence-electron chi connectivity index (χ0n) is 13.0. The van der Waals surface area contributed by atoms with Crippen LogP contribution in [0.1, 0.15) is 42.2 Å². The second kappa shape index (κ2) is 5.52. The van der Waals surface area contributed by atoms with Crippen LogP contribution in [0.15, 0.2) is 21.1 Å². The molecule has 0 amide bonds. The topological polar surface area (TPSA) is 64.5 Å². The second-order valence-corrected chi connectivity index (χ2v) is 6.37. The van der Waals surface area contributed by atoms with E-state index in [-0.39, 0.29) is 12.2 Å². The molecule has 2 aromatic heterocycles. The first-order chi connectivity index (χ1) is 10.7. The molecular formula is C16H21N3O3. The molecule has 22 heavy (non-hydrogen) atoms. The van der Waals surface area contributed by atoms with E-state index >= 15 is 0 Å². The molecule has 2 aromatic rings. The number of aromatic nitrogens is 2. The van der Waals surface area contributed by atoms with E-state index in [1.165, 1.54) is 0 Å². The normalized spacial score (nSPS) is 28.9. The molecule has 0 spiro atoms. The summed E-state index contributed by atoms with van der Waals surface area (Å²) in [6, 6.07) is 4.07. The van der Waals surface area contributed by atoms with Crippen LogP contribution in [0.4, 0.5) is 0 Å². The molecule has 4 rings (SSSR count). The maximum absolute atomic E-state index is 6.17. The first-order valence-electron chi connectivity index (χ1n) is 7.91. The minimum Gasteiger partial charge on any atom is -0.465 e. The summed E-state index contributed by atoms with van der Waals surface area (Å²) in [7, 11) is 0. The number of aryl methyl sites for hydroxylation is 2. The molecule has 0 saturated carbocycles. The van der Waals surface area contributed by atoms with Crippen molar-refractivity contribution >= 4 is 0 Å². The number of hydrogen-bond donors (Lipinski definition) is 0. The molecule has 2 aliphatic heterocycles. The number of likely N-dealkylation sites (tertiary alicyclic amines) is 1. The molecule has 2 aliphatic rings. The number of hydrogen-bond acceptors (Lipinski definition) is 6. The Labute approximate surface area is 129 Å². The molecule has 6 nitrogen and oxygen atoms in total. The maximum Gasteiger partial charge on any atom is 0.255 e. The van der Waals surface area contributed by atoms with E-state index in [1.807, 2.05) is 19.9 Å². The monoisotopic (exact) mass is 303 g/mol. The van der Waals surface area contributed by atoms with E-state index in [9.17, 15) is 0 Å². The standard InChI is InChI=1S/C16H21N3O3/c1-10-3-4-13(20-10)8-19-6-5-12-7-14(21-15(12)9-19)16-17-11(2)18-22-16/h3-4,12,14-15H,5-9H2,1-2H3/t12-,14+,15+/m0/s1. The molecule has 2 fully saturated rings. The lowest BCUT2D eigenvalue weighted by Crippen LogP contribution is -2.41. The van der Waals surface area contributed by atoms with Crippen LogP contribution in [-0.2, 0) is 11.3 Å². The zero-order valence-corrected chi connectivity index (χ0v) is 13.0. The molecule has 4 heterocycles. The summed E-state index contributed by atoms with van der Waals surface area (Å²) in [6.07, 6.45) is 2.34. The summed E-state index contributed by atoms with van der Waals surface area (Å²) >= 11 is 0. The molecule has 0 unspecified atom stereocenters. The molecule has 0 aromatic carbocycles. The van der Waals surface area contributed by atoms with Gasteiger partial charge >= 0.3 is 0 Å². The first kappa shape index (κ1) is 14.0. The number of ether oxygens (including phenoxy) is 1. The van der Waals surface area contributed by atoms with Gasteiger partial charge in [0.2, 0.25) is 0 Å². The van der Waals surface area contributed by atoms with Crippen LogP contribution in [0.3, 0.4) is 0 Å². The Morgan fingerprint density at radius 2 is 2.23 bits per heavy atom. The average molecular weight is 303 g/mol. The fourth-order valence-corrected chi connectivity index (χ4v) is 3.53. The van der Waals surface area contributed by atoms with Crippen LogP contribution in [0, 0.1) is 19.8 Å². The molecule has 0 aliphatic carbocycles. The first-order valence-corrected chi connectivity index (χ1v) is 7.91. The summed E-state index contributed by atoms with van der Waals surface area (Å²) in [5.74, 6) is 3.88.